The van der Waals surface area contributed by atoms with E-state index in [9.17, 15) is 15.2 Å². The Morgan fingerprint density at radius 3 is 2.85 bits per heavy atom. The van der Waals surface area contributed by atoms with Crippen molar-refractivity contribution in [1.82, 2.24) is 0 Å². The zero-order chi connectivity index (χ0) is 19.3. The van der Waals surface area contributed by atoms with Gasteiger partial charge in [-0.15, -0.1) is 0 Å². The van der Waals surface area contributed by atoms with Crippen molar-refractivity contribution in [2.24, 2.45) is 0 Å². The van der Waals surface area contributed by atoms with Crippen molar-refractivity contribution in [2.45, 2.75) is 13.8 Å². The SMILES string of the molecule is CCOc1cc(C=C(C#N)C(=O)Nc2cccc(Cl)c2C)cc(Br)c1O. The number of phenols is 1. The van der Waals surface area contributed by atoms with Crippen LogP contribution in [0.2, 0.25) is 5.02 Å². The van der Waals surface area contributed by atoms with Gasteiger partial charge < -0.3 is 15.2 Å². The lowest BCUT2D eigenvalue weighted by Gasteiger charge is -2.10. The van der Waals surface area contributed by atoms with Crippen LogP contribution in [-0.4, -0.2) is 17.6 Å². The quantitative estimate of drug-likeness (QED) is 0.508. The highest BCUT2D eigenvalue weighted by atomic mass is 79.9. The van der Waals surface area contributed by atoms with E-state index in [4.69, 9.17) is 16.3 Å². The van der Waals surface area contributed by atoms with Gasteiger partial charge in [0.15, 0.2) is 11.5 Å². The molecule has 2 aromatic carbocycles. The molecule has 0 radical (unpaired) electrons. The predicted octanol–water partition coefficient (Wildman–Crippen LogP) is 5.06. The molecule has 0 unspecified atom stereocenters. The maximum absolute atomic E-state index is 12.4. The highest BCUT2D eigenvalue weighted by Gasteiger charge is 2.14. The van der Waals surface area contributed by atoms with E-state index in [-0.39, 0.29) is 17.1 Å². The van der Waals surface area contributed by atoms with Crippen LogP contribution in [0.25, 0.3) is 6.08 Å². The molecule has 7 heteroatoms. The Balaban J connectivity index is 2.34. The second kappa shape index (κ2) is 8.75. The normalized spacial score (nSPS) is 11.0. The third kappa shape index (κ3) is 4.57. The van der Waals surface area contributed by atoms with E-state index in [1.807, 2.05) is 6.07 Å². The number of halogens is 2. The van der Waals surface area contributed by atoms with Crippen molar-refractivity contribution < 1.29 is 14.6 Å². The van der Waals surface area contributed by atoms with Crippen LogP contribution in [-0.2, 0) is 4.79 Å². The smallest absolute Gasteiger partial charge is 0.266 e. The number of phenolic OH excluding ortho intramolecular Hbond substituents is 1. The molecule has 0 saturated carbocycles. The molecule has 1 amide bonds. The van der Waals surface area contributed by atoms with Crippen LogP contribution in [0.1, 0.15) is 18.1 Å². The summed E-state index contributed by atoms with van der Waals surface area (Å²) in [6, 6.07) is 10.2. The third-order valence-electron chi connectivity index (χ3n) is 3.54. The summed E-state index contributed by atoms with van der Waals surface area (Å²) < 4.78 is 5.75. The van der Waals surface area contributed by atoms with E-state index in [1.165, 1.54) is 6.08 Å². The van der Waals surface area contributed by atoms with Gasteiger partial charge in [0.05, 0.1) is 11.1 Å². The summed E-state index contributed by atoms with van der Waals surface area (Å²) in [4.78, 5) is 12.4. The number of ether oxygens (including phenoxy) is 1. The molecule has 0 aliphatic carbocycles. The molecule has 0 aromatic heterocycles. The number of benzene rings is 2. The summed E-state index contributed by atoms with van der Waals surface area (Å²) in [6.45, 7) is 3.93. The number of hydrogen-bond acceptors (Lipinski definition) is 4. The Labute approximate surface area is 165 Å². The zero-order valence-electron chi connectivity index (χ0n) is 14.1. The zero-order valence-corrected chi connectivity index (χ0v) is 16.5. The minimum atomic E-state index is -0.556. The Hall–Kier alpha value is -2.49. The van der Waals surface area contributed by atoms with Gasteiger partial charge in [0.25, 0.3) is 5.91 Å². The molecule has 5 nitrogen and oxygen atoms in total. The number of nitrogens with one attached hydrogen (secondary N) is 1. The summed E-state index contributed by atoms with van der Waals surface area (Å²) in [5, 5.41) is 22.5. The first-order valence-electron chi connectivity index (χ1n) is 7.71. The van der Waals surface area contributed by atoms with E-state index in [2.05, 4.69) is 21.2 Å². The van der Waals surface area contributed by atoms with Gasteiger partial charge in [-0.25, -0.2) is 0 Å². The first-order chi connectivity index (χ1) is 12.4. The Kier molecular flexibility index (Phi) is 6.67. The molecular formula is C19H16BrClN2O3. The number of hydrogen-bond donors (Lipinski definition) is 2. The van der Waals surface area contributed by atoms with Crippen molar-refractivity contribution in [1.29, 1.82) is 5.26 Å². The first-order valence-corrected chi connectivity index (χ1v) is 8.88. The molecule has 0 atom stereocenters. The Morgan fingerprint density at radius 2 is 2.19 bits per heavy atom. The summed E-state index contributed by atoms with van der Waals surface area (Å²) in [7, 11) is 0. The topological polar surface area (TPSA) is 82.3 Å². The van der Waals surface area contributed by atoms with Crippen LogP contribution in [0.3, 0.4) is 0 Å². The van der Waals surface area contributed by atoms with Crippen molar-refractivity contribution in [3.63, 3.8) is 0 Å². The van der Waals surface area contributed by atoms with E-state index in [0.717, 1.165) is 0 Å². The molecule has 0 heterocycles. The predicted molar refractivity (Wildman–Crippen MR) is 105 cm³/mol. The van der Waals surface area contributed by atoms with Gasteiger partial charge in [0, 0.05) is 10.7 Å². The van der Waals surface area contributed by atoms with Gasteiger partial charge in [0.1, 0.15) is 11.6 Å². The second-order valence-corrected chi connectivity index (χ2v) is 6.58. The van der Waals surface area contributed by atoms with E-state index >= 15 is 0 Å². The first kappa shape index (κ1) is 19.8. The van der Waals surface area contributed by atoms with E-state index < -0.39 is 5.91 Å². The third-order valence-corrected chi connectivity index (χ3v) is 4.56. The summed E-state index contributed by atoms with van der Waals surface area (Å²) in [6.07, 6.45) is 1.42. The monoisotopic (exact) mass is 434 g/mol. The van der Waals surface area contributed by atoms with Gasteiger partial charge >= 0.3 is 0 Å². The van der Waals surface area contributed by atoms with Crippen LogP contribution in [0.4, 0.5) is 5.69 Å². The average Bonchev–Trinajstić information content (AvgIpc) is 2.61. The minimum Gasteiger partial charge on any atom is -0.503 e. The molecule has 0 bridgehead atoms. The molecule has 2 N–H and O–H groups in total. The Morgan fingerprint density at radius 1 is 1.46 bits per heavy atom. The van der Waals surface area contributed by atoms with Crippen molar-refractivity contribution in [3.05, 3.63) is 56.5 Å². The maximum Gasteiger partial charge on any atom is 0.266 e. The van der Waals surface area contributed by atoms with Crippen molar-refractivity contribution >= 4 is 45.2 Å². The summed E-state index contributed by atoms with van der Waals surface area (Å²) in [5.74, 6) is -0.335. The lowest BCUT2D eigenvalue weighted by molar-refractivity contribution is -0.112. The number of rotatable bonds is 5. The van der Waals surface area contributed by atoms with Gasteiger partial charge in [-0.05, 0) is 71.2 Å². The lowest BCUT2D eigenvalue weighted by Crippen LogP contribution is -2.14. The number of carbonyl (C=O) groups is 1. The molecule has 0 fully saturated rings. The lowest BCUT2D eigenvalue weighted by atomic mass is 10.1. The van der Waals surface area contributed by atoms with E-state index in [1.54, 1.807) is 44.2 Å². The molecule has 26 heavy (non-hydrogen) atoms. The van der Waals surface area contributed by atoms with Crippen LogP contribution in [0.5, 0.6) is 11.5 Å². The average molecular weight is 436 g/mol. The van der Waals surface area contributed by atoms with Gasteiger partial charge in [-0.2, -0.15) is 5.26 Å². The van der Waals surface area contributed by atoms with Crippen LogP contribution in [0, 0.1) is 18.3 Å². The van der Waals surface area contributed by atoms with E-state index in [0.29, 0.717) is 32.9 Å². The second-order valence-electron chi connectivity index (χ2n) is 5.32. The van der Waals surface area contributed by atoms with Crippen LogP contribution in [0.15, 0.2) is 40.4 Å². The van der Waals surface area contributed by atoms with Crippen LogP contribution < -0.4 is 10.1 Å². The fraction of sp³-hybridized carbons (Fsp3) is 0.158. The maximum atomic E-state index is 12.4. The number of nitriles is 1. The number of carbonyl (C=O) groups excluding carboxylic acids is 1. The fourth-order valence-corrected chi connectivity index (χ4v) is 2.82. The highest BCUT2D eigenvalue weighted by Crippen LogP contribution is 2.36. The largest absolute Gasteiger partial charge is 0.503 e. The summed E-state index contributed by atoms with van der Waals surface area (Å²) in [5.41, 5.74) is 1.69. The molecule has 134 valence electrons. The molecule has 2 rings (SSSR count). The molecule has 2 aromatic rings. The molecule has 0 aliphatic heterocycles. The van der Waals surface area contributed by atoms with Gasteiger partial charge in [-0.1, -0.05) is 17.7 Å². The summed E-state index contributed by atoms with van der Waals surface area (Å²) >= 11 is 9.28. The van der Waals surface area contributed by atoms with Crippen molar-refractivity contribution in [3.8, 4) is 17.6 Å². The molecule has 0 spiro atoms. The minimum absolute atomic E-state index is 0.0403. The van der Waals surface area contributed by atoms with Crippen molar-refractivity contribution in [2.75, 3.05) is 11.9 Å². The molecule has 0 aliphatic rings. The van der Waals surface area contributed by atoms with Gasteiger partial charge in [0.2, 0.25) is 0 Å². The number of aromatic hydroxyl groups is 1. The van der Waals surface area contributed by atoms with Gasteiger partial charge in [-0.3, -0.25) is 4.79 Å². The number of anilines is 1. The Bertz CT molecular complexity index is 920. The highest BCUT2D eigenvalue weighted by molar-refractivity contribution is 9.10. The van der Waals surface area contributed by atoms with Crippen LogP contribution >= 0.6 is 27.5 Å². The fourth-order valence-electron chi connectivity index (χ4n) is 2.19. The standard InChI is InChI=1S/C19H16BrClN2O3/c1-3-26-17-9-12(8-14(20)18(17)24)7-13(10-22)19(25)23-16-6-4-5-15(21)11(16)2/h4-9,24H,3H2,1-2H3,(H,23,25). The molecule has 0 saturated heterocycles. The molecular weight excluding hydrogens is 420 g/mol. The number of nitrogens with zero attached hydrogens (tertiary/aromatic N) is 1. The number of amides is 1.